The molecule has 4 N–H and O–H groups in total. The van der Waals surface area contributed by atoms with Crippen LogP contribution in [0.4, 0.5) is 14.9 Å². The van der Waals surface area contributed by atoms with Gasteiger partial charge in [-0.3, -0.25) is 0 Å². The molecule has 9 nitrogen and oxygen atoms in total. The molecule has 1 atom stereocenters. The monoisotopic (exact) mass is 549 g/mol. The van der Waals surface area contributed by atoms with Crippen molar-refractivity contribution in [2.45, 2.75) is 23.7 Å². The van der Waals surface area contributed by atoms with E-state index in [0.717, 1.165) is 0 Å². The predicted molar refractivity (Wildman–Crippen MR) is 132 cm³/mol. The molecule has 0 aliphatic heterocycles. The average molecular weight is 551 g/mol. The normalized spacial score (nSPS) is 12.6. The molecule has 13 heteroatoms. The summed E-state index contributed by atoms with van der Waals surface area (Å²) in [5.74, 6) is -2.19. The van der Waals surface area contributed by atoms with Gasteiger partial charge in [-0.2, -0.15) is 4.99 Å². The second-order valence-electron chi connectivity index (χ2n) is 6.85. The van der Waals surface area contributed by atoms with E-state index in [1.54, 1.807) is 13.8 Å². The van der Waals surface area contributed by atoms with E-state index in [4.69, 9.17) is 50.0 Å². The molecule has 1 amide bonds. The van der Waals surface area contributed by atoms with E-state index in [2.05, 4.69) is 15.0 Å². The highest BCUT2D eigenvalue weighted by atomic mass is 35.6. The number of amidine groups is 1. The zero-order chi connectivity index (χ0) is 26.2. The van der Waals surface area contributed by atoms with Crippen LogP contribution in [-0.2, 0) is 9.53 Å². The second kappa shape index (κ2) is 12.7. The van der Waals surface area contributed by atoms with Gasteiger partial charge in [0.05, 0.1) is 13.2 Å². The van der Waals surface area contributed by atoms with Crippen molar-refractivity contribution in [2.75, 3.05) is 25.1 Å². The first kappa shape index (κ1) is 28.3. The maximum absolute atomic E-state index is 15.0. The third kappa shape index (κ3) is 8.65. The summed E-state index contributed by atoms with van der Waals surface area (Å²) in [4.78, 5) is 27.2. The number of aliphatic imine (C=N–C) groups is 1. The smallest absolute Gasteiger partial charge is 0.435 e. The molecule has 0 aromatic heterocycles. The van der Waals surface area contributed by atoms with Gasteiger partial charge >= 0.3 is 12.1 Å². The van der Waals surface area contributed by atoms with Gasteiger partial charge < -0.3 is 30.4 Å². The molecule has 0 heterocycles. The van der Waals surface area contributed by atoms with Crippen molar-refractivity contribution in [2.24, 2.45) is 10.7 Å². The summed E-state index contributed by atoms with van der Waals surface area (Å²) in [7, 11) is 0. The molecule has 0 radical (unpaired) electrons. The number of ether oxygens (including phenoxy) is 3. The average Bonchev–Trinajstić information content (AvgIpc) is 2.78. The van der Waals surface area contributed by atoms with Crippen molar-refractivity contribution in [1.29, 1.82) is 0 Å². The quantitative estimate of drug-likeness (QED) is 0.212. The maximum atomic E-state index is 15.0. The number of hydrogen-bond acceptors (Lipinski definition) is 6. The van der Waals surface area contributed by atoms with Crippen molar-refractivity contribution < 1.29 is 33.3 Å². The number of nitrogens with zero attached hydrogens (tertiary/aromatic N) is 1. The minimum atomic E-state index is -1.79. The van der Waals surface area contributed by atoms with Gasteiger partial charge in [-0.25, -0.2) is 14.0 Å². The fourth-order valence-corrected chi connectivity index (χ4v) is 2.99. The van der Waals surface area contributed by atoms with Gasteiger partial charge in [-0.1, -0.05) is 34.8 Å². The van der Waals surface area contributed by atoms with Crippen LogP contribution in [0.5, 0.6) is 11.5 Å². The summed E-state index contributed by atoms with van der Waals surface area (Å²) in [5, 5.41) is 12.5. The summed E-state index contributed by atoms with van der Waals surface area (Å²) in [6.07, 6.45) is -1.06. The molecule has 2 aromatic carbocycles. The minimum Gasteiger partial charge on any atom is -0.494 e. The van der Waals surface area contributed by atoms with Crippen LogP contribution in [0.2, 0.25) is 0 Å². The van der Waals surface area contributed by atoms with E-state index in [0.29, 0.717) is 17.9 Å². The number of carboxylic acids is 1. The van der Waals surface area contributed by atoms with E-state index in [9.17, 15) is 14.7 Å². The van der Waals surface area contributed by atoms with Crippen molar-refractivity contribution in [3.05, 3.63) is 53.3 Å². The fourth-order valence-electron chi connectivity index (χ4n) is 2.83. The van der Waals surface area contributed by atoms with E-state index in [1.807, 2.05) is 0 Å². The minimum absolute atomic E-state index is 0.123. The molecular formula is C22H23Cl3FN3O6. The first-order valence-electron chi connectivity index (χ1n) is 10.2. The number of anilines is 1. The maximum Gasteiger partial charge on any atom is 0.435 e. The summed E-state index contributed by atoms with van der Waals surface area (Å²) >= 11 is 16.5. The number of nitrogens with one attached hydrogen (secondary N) is 1. The molecular weight excluding hydrogens is 528 g/mol. The molecule has 2 aromatic rings. The van der Waals surface area contributed by atoms with E-state index in [-0.39, 0.29) is 29.5 Å². The van der Waals surface area contributed by atoms with Crippen LogP contribution in [0.3, 0.4) is 0 Å². The molecule has 0 saturated heterocycles. The Balaban J connectivity index is 2.26. The predicted octanol–water partition coefficient (Wildman–Crippen LogP) is 5.07. The van der Waals surface area contributed by atoms with Gasteiger partial charge in [0.1, 0.15) is 18.2 Å². The van der Waals surface area contributed by atoms with Crippen LogP contribution >= 0.6 is 34.8 Å². The lowest BCUT2D eigenvalue weighted by Crippen LogP contribution is -2.22. The van der Waals surface area contributed by atoms with Crippen LogP contribution < -0.4 is 20.5 Å². The van der Waals surface area contributed by atoms with E-state index in [1.165, 1.54) is 36.4 Å². The summed E-state index contributed by atoms with van der Waals surface area (Å²) in [6, 6.07) is 7.10. The Kier molecular flexibility index (Phi) is 10.2. The van der Waals surface area contributed by atoms with E-state index >= 15 is 4.39 Å². The van der Waals surface area contributed by atoms with Crippen LogP contribution in [-0.4, -0.2) is 46.6 Å². The number of halogens is 4. The number of amides is 1. The highest BCUT2D eigenvalue weighted by molar-refractivity contribution is 6.67. The lowest BCUT2D eigenvalue weighted by atomic mass is 10.0. The molecule has 0 spiro atoms. The summed E-state index contributed by atoms with van der Waals surface area (Å²) in [5.41, 5.74) is 6.28. The number of aliphatic carboxylic acids is 1. The van der Waals surface area contributed by atoms with E-state index < -0.39 is 34.3 Å². The lowest BCUT2D eigenvalue weighted by molar-refractivity contribution is -0.138. The molecule has 0 aliphatic rings. The highest BCUT2D eigenvalue weighted by Crippen LogP contribution is 2.33. The number of carbonyl (C=O) groups excluding carboxylic acids is 1. The Morgan fingerprint density at radius 2 is 1.77 bits per heavy atom. The van der Waals surface area contributed by atoms with Gasteiger partial charge in [0.25, 0.3) is 0 Å². The van der Waals surface area contributed by atoms with Gasteiger partial charge in [-0.15, -0.1) is 0 Å². The van der Waals surface area contributed by atoms with Crippen LogP contribution in [0.15, 0.2) is 41.4 Å². The number of alkyl halides is 3. The van der Waals surface area contributed by atoms with Gasteiger partial charge in [0, 0.05) is 22.9 Å². The van der Waals surface area contributed by atoms with Crippen LogP contribution in [0.25, 0.3) is 0 Å². The highest BCUT2D eigenvalue weighted by Gasteiger charge is 2.27. The Hall–Kier alpha value is -2.95. The summed E-state index contributed by atoms with van der Waals surface area (Å²) in [6.45, 7) is 3.38. The molecule has 0 saturated carbocycles. The lowest BCUT2D eigenvalue weighted by Gasteiger charge is -2.20. The largest absolute Gasteiger partial charge is 0.494 e. The molecule has 1 unspecified atom stereocenters. The molecule has 35 heavy (non-hydrogen) atoms. The zero-order valence-corrected chi connectivity index (χ0v) is 21.0. The van der Waals surface area contributed by atoms with Gasteiger partial charge in [0.15, 0.2) is 17.6 Å². The zero-order valence-electron chi connectivity index (χ0n) is 18.7. The number of rotatable bonds is 10. The van der Waals surface area contributed by atoms with Crippen molar-refractivity contribution in [3.8, 4) is 11.5 Å². The Morgan fingerprint density at radius 3 is 2.31 bits per heavy atom. The third-order valence-corrected chi connectivity index (χ3v) is 4.60. The second-order valence-corrected chi connectivity index (χ2v) is 9.37. The van der Waals surface area contributed by atoms with Crippen molar-refractivity contribution in [3.63, 3.8) is 0 Å². The van der Waals surface area contributed by atoms with Crippen molar-refractivity contribution in [1.82, 2.24) is 0 Å². The number of carboxylic acid groups (broad SMARTS) is 1. The number of benzene rings is 2. The Labute approximate surface area is 215 Å². The van der Waals surface area contributed by atoms with Gasteiger partial charge in [-0.05, 0) is 44.2 Å². The molecule has 190 valence electrons. The fraction of sp³-hybridized carbons (Fsp3) is 0.318. The Bertz CT molecular complexity index is 1080. The standard InChI is InChI=1S/C22H23Cl3FN3O6/c1-3-33-14-9-15(17(26)16(10-14)34-4-2)18(20(30)31)28-13-7-5-12(6-8-13)19(27)29-21(32)35-11-22(23,24)25/h5-10,18,28H,3-4,11H2,1-2H3,(H,30,31)(H2,27,29,32). The first-order chi connectivity index (χ1) is 16.4. The Morgan fingerprint density at radius 1 is 1.14 bits per heavy atom. The molecule has 0 aliphatic carbocycles. The molecule has 0 fully saturated rings. The van der Waals surface area contributed by atoms with Gasteiger partial charge in [0.2, 0.25) is 3.79 Å². The summed E-state index contributed by atoms with van der Waals surface area (Å²) < 4.78 is 28.6. The topological polar surface area (TPSA) is 132 Å². The third-order valence-electron chi connectivity index (χ3n) is 4.27. The van der Waals surface area contributed by atoms with Crippen LogP contribution in [0, 0.1) is 5.82 Å². The molecule has 2 rings (SSSR count). The number of hydrogen-bond donors (Lipinski definition) is 3. The van der Waals surface area contributed by atoms with Crippen LogP contribution in [0.1, 0.15) is 31.0 Å². The SMILES string of the molecule is CCOc1cc(OCC)c(F)c(C(Nc2ccc(/C(N)=N/C(=O)OCC(Cl)(Cl)Cl)cc2)C(=O)O)c1. The molecule has 0 bridgehead atoms. The first-order valence-corrected chi connectivity index (χ1v) is 11.3. The van der Waals surface area contributed by atoms with Crippen molar-refractivity contribution >= 4 is 58.4 Å². The number of carbonyl (C=O) groups is 2. The number of nitrogens with two attached hydrogens (primary N) is 1.